The number of hydrogen-bond acceptors (Lipinski definition) is 3. The number of nitrogens with zero attached hydrogens (tertiary/aromatic N) is 3. The number of benzene rings is 1. The van der Waals surface area contributed by atoms with Crippen molar-refractivity contribution in [1.29, 1.82) is 0 Å². The van der Waals surface area contributed by atoms with Gasteiger partial charge in [-0.25, -0.2) is 0 Å². The third kappa shape index (κ3) is 12.5. The van der Waals surface area contributed by atoms with Crippen LogP contribution in [0.3, 0.4) is 0 Å². The van der Waals surface area contributed by atoms with Crippen LogP contribution in [0, 0.1) is 0 Å². The molecule has 2 rings (SSSR count). The second kappa shape index (κ2) is 19.3. The first-order valence-corrected chi connectivity index (χ1v) is 14.3. The summed E-state index contributed by atoms with van der Waals surface area (Å²) >= 11 is 0. The first kappa shape index (κ1) is 28.3. The summed E-state index contributed by atoms with van der Waals surface area (Å²) in [4.78, 5) is 12.4. The van der Waals surface area contributed by atoms with Crippen molar-refractivity contribution in [3.05, 3.63) is 36.9 Å². The zero-order valence-corrected chi connectivity index (χ0v) is 21.7. The first-order chi connectivity index (χ1) is 16.8. The summed E-state index contributed by atoms with van der Waals surface area (Å²) in [5.74, 6) is 0.0589. The van der Waals surface area contributed by atoms with E-state index < -0.39 is 0 Å². The van der Waals surface area contributed by atoms with Gasteiger partial charge in [0, 0.05) is 6.42 Å². The van der Waals surface area contributed by atoms with Crippen LogP contribution < -0.4 is 0 Å². The van der Waals surface area contributed by atoms with Gasteiger partial charge in [-0.2, -0.15) is 4.68 Å². The van der Waals surface area contributed by atoms with Crippen LogP contribution in [-0.4, -0.2) is 20.9 Å². The van der Waals surface area contributed by atoms with E-state index in [1.54, 1.807) is 0 Å². The third-order valence-electron chi connectivity index (χ3n) is 6.89. The van der Waals surface area contributed by atoms with Gasteiger partial charge in [-0.3, -0.25) is 4.79 Å². The summed E-state index contributed by atoms with van der Waals surface area (Å²) in [5, 5.41) is 8.08. The average Bonchev–Trinajstić information content (AvgIpc) is 3.29. The lowest BCUT2D eigenvalue weighted by molar-refractivity contribution is 0.0886. The van der Waals surface area contributed by atoms with Crippen LogP contribution >= 0.6 is 0 Å². The average molecular weight is 468 g/mol. The van der Waals surface area contributed by atoms with Crippen molar-refractivity contribution in [3.8, 4) is 0 Å². The predicted octanol–water partition coefficient (Wildman–Crippen LogP) is 9.45. The molecule has 0 bridgehead atoms. The second-order valence-electron chi connectivity index (χ2n) is 9.93. The van der Waals surface area contributed by atoms with Crippen LogP contribution in [0.1, 0.15) is 140 Å². The predicted molar refractivity (Wildman–Crippen MR) is 145 cm³/mol. The fourth-order valence-corrected chi connectivity index (χ4v) is 4.73. The van der Waals surface area contributed by atoms with Gasteiger partial charge in [0.15, 0.2) is 0 Å². The van der Waals surface area contributed by atoms with Crippen LogP contribution in [0.5, 0.6) is 0 Å². The molecule has 0 atom stereocenters. The van der Waals surface area contributed by atoms with Gasteiger partial charge in [0.2, 0.25) is 5.91 Å². The smallest absolute Gasteiger partial charge is 0.248 e. The van der Waals surface area contributed by atoms with Crippen molar-refractivity contribution in [2.24, 2.45) is 0 Å². The highest BCUT2D eigenvalue weighted by Gasteiger charge is 2.10. The molecule has 0 spiro atoms. The van der Waals surface area contributed by atoms with Crippen molar-refractivity contribution in [2.75, 3.05) is 0 Å². The van der Waals surface area contributed by atoms with Crippen molar-refractivity contribution < 1.29 is 4.79 Å². The van der Waals surface area contributed by atoms with Gasteiger partial charge in [-0.05, 0) is 31.4 Å². The molecule has 0 radical (unpaired) electrons. The Balaban J connectivity index is 1.28. The highest BCUT2D eigenvalue weighted by molar-refractivity contribution is 5.88. The molecule has 4 heteroatoms. The molecule has 190 valence electrons. The zero-order valence-electron chi connectivity index (χ0n) is 21.7. The number of carbonyl (C=O) groups is 1. The van der Waals surface area contributed by atoms with E-state index in [-0.39, 0.29) is 5.91 Å². The number of rotatable bonds is 22. The molecule has 0 amide bonds. The molecule has 1 aromatic carbocycles. The lowest BCUT2D eigenvalue weighted by atomic mass is 10.0. The summed E-state index contributed by atoms with van der Waals surface area (Å²) in [6.45, 7) is 3.79. The number of carbonyl (C=O) groups excluding carboxylic acids is 1. The van der Waals surface area contributed by atoms with Crippen molar-refractivity contribution >= 4 is 16.9 Å². The lowest BCUT2D eigenvalue weighted by Crippen LogP contribution is -2.12. The molecular weight excluding hydrogens is 418 g/mol. The zero-order chi connectivity index (χ0) is 24.1. The molecule has 2 aromatic rings. The van der Waals surface area contributed by atoms with Crippen LogP contribution in [0.25, 0.3) is 11.0 Å². The van der Waals surface area contributed by atoms with Crippen LogP contribution in [0.15, 0.2) is 36.9 Å². The molecule has 4 nitrogen and oxygen atoms in total. The highest BCUT2D eigenvalue weighted by atomic mass is 16.2. The molecule has 34 heavy (non-hydrogen) atoms. The Morgan fingerprint density at radius 2 is 1.12 bits per heavy atom. The summed E-state index contributed by atoms with van der Waals surface area (Å²) in [6.07, 6.45) is 29.5. The van der Waals surface area contributed by atoms with Crippen molar-refractivity contribution in [2.45, 2.75) is 135 Å². The molecule has 1 heterocycles. The minimum Gasteiger partial charge on any atom is -0.273 e. The van der Waals surface area contributed by atoms with E-state index >= 15 is 0 Å². The number of allylic oxidation sites excluding steroid dienone is 1. The molecule has 0 saturated heterocycles. The van der Waals surface area contributed by atoms with E-state index in [4.69, 9.17) is 0 Å². The minimum atomic E-state index is 0.0589. The Hall–Kier alpha value is -1.97. The van der Waals surface area contributed by atoms with Crippen LogP contribution in [0.4, 0.5) is 0 Å². The highest BCUT2D eigenvalue weighted by Crippen LogP contribution is 2.16. The summed E-state index contributed by atoms with van der Waals surface area (Å²) in [7, 11) is 0. The Morgan fingerprint density at radius 3 is 1.62 bits per heavy atom. The van der Waals surface area contributed by atoms with E-state index in [1.807, 2.05) is 30.3 Å². The molecule has 0 N–H and O–H groups in total. The van der Waals surface area contributed by atoms with Gasteiger partial charge in [-0.15, -0.1) is 11.7 Å². The Kier molecular flexibility index (Phi) is 16.1. The lowest BCUT2D eigenvalue weighted by Gasteiger charge is -2.04. The van der Waals surface area contributed by atoms with E-state index in [2.05, 4.69) is 16.9 Å². The van der Waals surface area contributed by atoms with Gasteiger partial charge in [-0.1, -0.05) is 133 Å². The molecule has 0 unspecified atom stereocenters. The van der Waals surface area contributed by atoms with Crippen molar-refractivity contribution in [3.63, 3.8) is 0 Å². The van der Waals surface area contributed by atoms with Gasteiger partial charge in [0.1, 0.15) is 5.52 Å². The fraction of sp³-hybridized carbons (Fsp3) is 0.700. The third-order valence-corrected chi connectivity index (χ3v) is 6.89. The van der Waals surface area contributed by atoms with E-state index in [1.165, 1.54) is 120 Å². The topological polar surface area (TPSA) is 47.8 Å². The fourth-order valence-electron chi connectivity index (χ4n) is 4.73. The molecule has 0 aliphatic carbocycles. The van der Waals surface area contributed by atoms with Gasteiger partial charge in [0.05, 0.1) is 5.52 Å². The maximum absolute atomic E-state index is 12.4. The van der Waals surface area contributed by atoms with Crippen LogP contribution in [0.2, 0.25) is 0 Å². The summed E-state index contributed by atoms with van der Waals surface area (Å²) < 4.78 is 1.46. The quantitative estimate of drug-likeness (QED) is 0.128. The maximum atomic E-state index is 12.4. The molecular formula is C30H49N3O. The van der Waals surface area contributed by atoms with Crippen LogP contribution in [-0.2, 0) is 0 Å². The summed E-state index contributed by atoms with van der Waals surface area (Å²) in [6, 6.07) is 7.64. The number of hydrogen-bond donors (Lipinski definition) is 0. The molecule has 0 aliphatic rings. The SMILES string of the molecule is C=CCCCCCCCCCCCCCCCCCCCCCC(=O)n1nnc2ccccc21. The van der Waals surface area contributed by atoms with Crippen molar-refractivity contribution in [1.82, 2.24) is 15.0 Å². The number of fused-ring (bicyclic) bond motifs is 1. The largest absolute Gasteiger partial charge is 0.273 e. The van der Waals surface area contributed by atoms with E-state index in [9.17, 15) is 4.79 Å². The van der Waals surface area contributed by atoms with Gasteiger partial charge >= 0.3 is 0 Å². The molecule has 0 aliphatic heterocycles. The molecule has 1 aromatic heterocycles. The van der Waals surface area contributed by atoms with E-state index in [0.717, 1.165) is 23.9 Å². The minimum absolute atomic E-state index is 0.0589. The Morgan fingerprint density at radius 1 is 0.676 bits per heavy atom. The number of unbranched alkanes of at least 4 members (excludes halogenated alkanes) is 19. The van der Waals surface area contributed by atoms with Gasteiger partial charge in [0.25, 0.3) is 0 Å². The number of para-hydroxylation sites is 1. The molecule has 0 saturated carbocycles. The summed E-state index contributed by atoms with van der Waals surface area (Å²) in [5.41, 5.74) is 1.60. The monoisotopic (exact) mass is 467 g/mol. The normalized spacial score (nSPS) is 11.3. The van der Waals surface area contributed by atoms with E-state index in [0.29, 0.717) is 6.42 Å². The van der Waals surface area contributed by atoms with Gasteiger partial charge < -0.3 is 0 Å². The first-order valence-electron chi connectivity index (χ1n) is 14.3. The Labute approximate surface area is 208 Å². The standard InChI is InChI=1S/C30H49N3O/c1-2-3-4-5-6-7-8-9-10-11-12-13-14-15-16-17-18-19-20-21-22-27-30(34)33-29-26-24-23-25-28(29)31-32-33/h2,23-26H,1,3-22,27H2. The number of aromatic nitrogens is 3. The Bertz CT molecular complexity index is 782. The maximum Gasteiger partial charge on any atom is 0.248 e. The molecule has 0 fully saturated rings. The second-order valence-corrected chi connectivity index (χ2v) is 9.93.